The van der Waals surface area contributed by atoms with Gasteiger partial charge in [-0.1, -0.05) is 19.1 Å². The van der Waals surface area contributed by atoms with E-state index in [1.54, 1.807) is 0 Å². The van der Waals surface area contributed by atoms with Gasteiger partial charge in [-0.25, -0.2) is 0 Å². The molecule has 0 amide bonds. The van der Waals surface area contributed by atoms with E-state index in [0.717, 1.165) is 26.3 Å². The summed E-state index contributed by atoms with van der Waals surface area (Å²) >= 11 is 0. The average Bonchev–Trinajstić information content (AvgIpc) is 2.68. The Hall–Kier alpha value is -0.380. The molecule has 1 fully saturated rings. The molecule has 0 radical (unpaired) electrons. The van der Waals surface area contributed by atoms with Gasteiger partial charge in [-0.2, -0.15) is 0 Å². The molecule has 0 saturated carbocycles. The highest BCUT2D eigenvalue weighted by molar-refractivity contribution is 4.93. The number of nitrogens with one attached hydrogen (secondary N) is 1. The molecule has 1 N–H and O–H groups in total. The van der Waals surface area contributed by atoms with E-state index in [4.69, 9.17) is 4.74 Å². The van der Waals surface area contributed by atoms with Crippen LogP contribution in [0.5, 0.6) is 0 Å². The Kier molecular flexibility index (Phi) is 4.18. The number of likely N-dealkylation sites (N-methyl/N-ethyl adjacent to an activating group) is 1. The molecule has 86 valence electrons. The average molecular weight is 210 g/mol. The van der Waals surface area contributed by atoms with Crippen molar-refractivity contribution in [2.24, 2.45) is 5.92 Å². The second kappa shape index (κ2) is 5.64. The van der Waals surface area contributed by atoms with Gasteiger partial charge in [0, 0.05) is 31.6 Å². The first-order valence-corrected chi connectivity index (χ1v) is 6.08. The predicted molar refractivity (Wildman–Crippen MR) is 62.0 cm³/mol. The zero-order valence-electron chi connectivity index (χ0n) is 9.61. The lowest BCUT2D eigenvalue weighted by molar-refractivity contribution is 0.170. The van der Waals surface area contributed by atoms with Crippen LogP contribution in [-0.4, -0.2) is 50.3 Å². The van der Waals surface area contributed by atoms with Gasteiger partial charge in [0.05, 0.1) is 13.2 Å². The van der Waals surface area contributed by atoms with E-state index in [1.165, 1.54) is 19.5 Å². The molecule has 3 heteroatoms. The van der Waals surface area contributed by atoms with Gasteiger partial charge in [-0.15, -0.1) is 0 Å². The van der Waals surface area contributed by atoms with Gasteiger partial charge in [0.15, 0.2) is 0 Å². The van der Waals surface area contributed by atoms with Gasteiger partial charge >= 0.3 is 0 Å². The minimum atomic E-state index is 0.570. The molecule has 2 heterocycles. The summed E-state index contributed by atoms with van der Waals surface area (Å²) in [5.74, 6) is 0.677. The fraction of sp³-hybridized carbons (Fsp3) is 0.833. The first kappa shape index (κ1) is 11.1. The zero-order chi connectivity index (χ0) is 10.5. The van der Waals surface area contributed by atoms with Crippen LogP contribution in [0.3, 0.4) is 0 Å². The fourth-order valence-corrected chi connectivity index (χ4v) is 2.45. The van der Waals surface area contributed by atoms with Crippen molar-refractivity contribution in [2.45, 2.75) is 19.4 Å². The molecule has 0 aliphatic carbocycles. The first-order chi connectivity index (χ1) is 7.40. The van der Waals surface area contributed by atoms with Crippen LogP contribution in [-0.2, 0) is 4.74 Å². The van der Waals surface area contributed by atoms with Crippen molar-refractivity contribution in [2.75, 3.05) is 39.4 Å². The van der Waals surface area contributed by atoms with Crippen LogP contribution in [0.1, 0.15) is 13.3 Å². The highest BCUT2D eigenvalue weighted by atomic mass is 16.5. The maximum atomic E-state index is 5.56. The van der Waals surface area contributed by atoms with Crippen molar-refractivity contribution in [3.8, 4) is 0 Å². The van der Waals surface area contributed by atoms with Crippen molar-refractivity contribution < 1.29 is 4.74 Å². The second-order valence-electron chi connectivity index (χ2n) is 4.48. The summed E-state index contributed by atoms with van der Waals surface area (Å²) in [5, 5.41) is 3.51. The molecule has 0 aromatic rings. The molecule has 15 heavy (non-hydrogen) atoms. The molecule has 0 bridgehead atoms. The molecule has 2 atom stereocenters. The van der Waals surface area contributed by atoms with Crippen LogP contribution in [0.2, 0.25) is 0 Å². The van der Waals surface area contributed by atoms with Crippen LogP contribution < -0.4 is 5.32 Å². The van der Waals surface area contributed by atoms with Gasteiger partial charge in [-0.05, 0) is 13.0 Å². The molecular weight excluding hydrogens is 188 g/mol. The fourth-order valence-electron chi connectivity index (χ4n) is 2.45. The van der Waals surface area contributed by atoms with E-state index in [-0.39, 0.29) is 0 Å². The Morgan fingerprint density at radius 3 is 3.07 bits per heavy atom. The topological polar surface area (TPSA) is 24.5 Å². The highest BCUT2D eigenvalue weighted by Gasteiger charge is 2.28. The lowest BCUT2D eigenvalue weighted by Crippen LogP contribution is -2.42. The Bertz CT molecular complexity index is 218. The van der Waals surface area contributed by atoms with Gasteiger partial charge < -0.3 is 10.1 Å². The monoisotopic (exact) mass is 210 g/mol. The molecule has 2 aliphatic heterocycles. The standard InChI is InChI=1S/C12H22N2O/c1-2-13-12-10-15-9-11(12)8-14-6-4-3-5-7-14/h3-4,11-13H,2,5-10H2,1H3. The van der Waals surface area contributed by atoms with E-state index < -0.39 is 0 Å². The Labute approximate surface area is 92.5 Å². The molecule has 0 aromatic carbocycles. The first-order valence-electron chi connectivity index (χ1n) is 6.08. The maximum absolute atomic E-state index is 5.56. The van der Waals surface area contributed by atoms with Gasteiger partial charge in [0.25, 0.3) is 0 Å². The Morgan fingerprint density at radius 1 is 1.40 bits per heavy atom. The third-order valence-corrected chi connectivity index (χ3v) is 3.30. The Balaban J connectivity index is 1.79. The SMILES string of the molecule is CCNC1COCC1CN1CC=CCC1. The van der Waals surface area contributed by atoms with Crippen LogP contribution in [0.15, 0.2) is 12.2 Å². The molecular formula is C12H22N2O. The summed E-state index contributed by atoms with van der Waals surface area (Å²) < 4.78 is 5.56. The summed E-state index contributed by atoms with van der Waals surface area (Å²) in [6, 6.07) is 0.570. The Morgan fingerprint density at radius 2 is 2.33 bits per heavy atom. The van der Waals surface area contributed by atoms with Crippen molar-refractivity contribution in [3.05, 3.63) is 12.2 Å². The summed E-state index contributed by atoms with van der Waals surface area (Å²) in [6.45, 7) is 8.55. The third-order valence-electron chi connectivity index (χ3n) is 3.30. The van der Waals surface area contributed by atoms with E-state index in [0.29, 0.717) is 12.0 Å². The highest BCUT2D eigenvalue weighted by Crippen LogP contribution is 2.16. The van der Waals surface area contributed by atoms with Crippen LogP contribution in [0, 0.1) is 5.92 Å². The lowest BCUT2D eigenvalue weighted by Gasteiger charge is -2.28. The van der Waals surface area contributed by atoms with Gasteiger partial charge in [-0.3, -0.25) is 4.90 Å². The van der Waals surface area contributed by atoms with Crippen molar-refractivity contribution in [1.82, 2.24) is 10.2 Å². The van der Waals surface area contributed by atoms with Crippen LogP contribution in [0.4, 0.5) is 0 Å². The molecule has 0 spiro atoms. The third kappa shape index (κ3) is 3.03. The number of ether oxygens (including phenoxy) is 1. The van der Waals surface area contributed by atoms with E-state index in [1.807, 2.05) is 0 Å². The zero-order valence-corrected chi connectivity index (χ0v) is 9.61. The summed E-state index contributed by atoms with van der Waals surface area (Å²) in [6.07, 6.45) is 5.77. The number of rotatable bonds is 4. The van der Waals surface area contributed by atoms with E-state index in [9.17, 15) is 0 Å². The van der Waals surface area contributed by atoms with Crippen molar-refractivity contribution in [3.63, 3.8) is 0 Å². The largest absolute Gasteiger partial charge is 0.379 e. The lowest BCUT2D eigenvalue weighted by atomic mass is 10.0. The molecule has 2 aliphatic rings. The van der Waals surface area contributed by atoms with Gasteiger partial charge in [0.2, 0.25) is 0 Å². The molecule has 0 aromatic heterocycles. The molecule has 2 rings (SSSR count). The maximum Gasteiger partial charge on any atom is 0.0623 e. The second-order valence-corrected chi connectivity index (χ2v) is 4.48. The summed E-state index contributed by atoms with van der Waals surface area (Å²) in [7, 11) is 0. The van der Waals surface area contributed by atoms with Crippen molar-refractivity contribution in [1.29, 1.82) is 0 Å². The number of hydrogen-bond acceptors (Lipinski definition) is 3. The molecule has 2 unspecified atom stereocenters. The van der Waals surface area contributed by atoms with E-state index in [2.05, 4.69) is 29.3 Å². The van der Waals surface area contributed by atoms with E-state index >= 15 is 0 Å². The minimum Gasteiger partial charge on any atom is -0.379 e. The number of nitrogens with zero attached hydrogens (tertiary/aromatic N) is 1. The quantitative estimate of drug-likeness (QED) is 0.697. The van der Waals surface area contributed by atoms with Crippen molar-refractivity contribution >= 4 is 0 Å². The summed E-state index contributed by atoms with van der Waals surface area (Å²) in [4.78, 5) is 2.53. The number of hydrogen-bond donors (Lipinski definition) is 1. The molecule has 1 saturated heterocycles. The normalized spacial score (nSPS) is 32.3. The van der Waals surface area contributed by atoms with Crippen LogP contribution in [0.25, 0.3) is 0 Å². The smallest absolute Gasteiger partial charge is 0.0623 e. The minimum absolute atomic E-state index is 0.570. The molecule has 3 nitrogen and oxygen atoms in total. The predicted octanol–water partition coefficient (Wildman–Crippen LogP) is 0.873. The summed E-state index contributed by atoms with van der Waals surface area (Å²) in [5.41, 5.74) is 0. The van der Waals surface area contributed by atoms with Gasteiger partial charge in [0.1, 0.15) is 0 Å². The van der Waals surface area contributed by atoms with Crippen LogP contribution >= 0.6 is 0 Å².